The number of hydrogen-bond acceptors (Lipinski definition) is 7. The van der Waals surface area contributed by atoms with E-state index in [-0.39, 0.29) is 24.5 Å². The van der Waals surface area contributed by atoms with Gasteiger partial charge in [-0.1, -0.05) is 12.2 Å². The lowest BCUT2D eigenvalue weighted by molar-refractivity contribution is -0.449. The summed E-state index contributed by atoms with van der Waals surface area (Å²) >= 11 is 0. The first kappa shape index (κ1) is 14.7. The van der Waals surface area contributed by atoms with Gasteiger partial charge < -0.3 is 9.80 Å². The Morgan fingerprint density at radius 3 is 1.71 bits per heavy atom. The lowest BCUT2D eigenvalue weighted by Gasteiger charge is -2.42. The third-order valence-corrected chi connectivity index (χ3v) is 3.24. The van der Waals surface area contributed by atoms with E-state index >= 15 is 0 Å². The lowest BCUT2D eigenvalue weighted by Crippen LogP contribution is -2.63. The van der Waals surface area contributed by atoms with Crippen LogP contribution in [0.2, 0.25) is 0 Å². The Balaban J connectivity index is 2.47. The summed E-state index contributed by atoms with van der Waals surface area (Å²) in [6.07, 6.45) is 4.27. The first-order chi connectivity index (χ1) is 9.99. The highest BCUT2D eigenvalue weighted by molar-refractivity contribution is 5.21. The molecule has 2 unspecified atom stereocenters. The van der Waals surface area contributed by atoms with Crippen molar-refractivity contribution >= 4 is 0 Å². The average molecular weight is 293 g/mol. The van der Waals surface area contributed by atoms with Gasteiger partial charge in [0.1, 0.15) is 0 Å². The fourth-order valence-corrected chi connectivity index (χ4v) is 2.39. The van der Waals surface area contributed by atoms with Gasteiger partial charge in [-0.25, -0.2) is 0 Å². The molecule has 0 aliphatic carbocycles. The van der Waals surface area contributed by atoms with Crippen LogP contribution in [0.15, 0.2) is 49.1 Å². The van der Waals surface area contributed by atoms with Gasteiger partial charge in [-0.05, 0) is 0 Å². The number of fused-ring (bicyclic) bond motifs is 2. The molecule has 0 fully saturated rings. The first-order valence-corrected chi connectivity index (χ1v) is 6.21. The molecule has 0 aromatic rings. The molecule has 2 aliphatic rings. The number of rotatable bonds is 6. The summed E-state index contributed by atoms with van der Waals surface area (Å²) in [6, 6.07) is 0. The zero-order valence-corrected chi connectivity index (χ0v) is 11.2. The largest absolute Gasteiger partial charge is 0.343 e. The highest BCUT2D eigenvalue weighted by Crippen LogP contribution is 2.27. The summed E-state index contributed by atoms with van der Waals surface area (Å²) in [4.78, 5) is 24.4. The van der Waals surface area contributed by atoms with E-state index in [0.29, 0.717) is 0 Å². The maximum atomic E-state index is 11.2. The van der Waals surface area contributed by atoms with E-state index in [2.05, 4.69) is 18.5 Å². The second-order valence-corrected chi connectivity index (χ2v) is 4.56. The predicted octanol–water partition coefficient (Wildman–Crippen LogP) is 0.468. The Morgan fingerprint density at radius 1 is 1.05 bits per heavy atom. The fourth-order valence-electron chi connectivity index (χ4n) is 2.39. The molecule has 2 bridgehead atoms. The zero-order valence-electron chi connectivity index (χ0n) is 11.2. The maximum absolute atomic E-state index is 11.2. The summed E-state index contributed by atoms with van der Waals surface area (Å²) in [5.41, 5.74) is -0.151. The van der Waals surface area contributed by atoms with E-state index in [1.54, 1.807) is 0 Å². The van der Waals surface area contributed by atoms with Gasteiger partial charge in [0, 0.05) is 13.1 Å². The Morgan fingerprint density at radius 2 is 1.43 bits per heavy atom. The molecule has 0 spiro atoms. The van der Waals surface area contributed by atoms with Crippen molar-refractivity contribution in [2.24, 2.45) is 0 Å². The molecule has 9 nitrogen and oxygen atoms in total. The highest BCUT2D eigenvalue weighted by Gasteiger charge is 2.46. The van der Waals surface area contributed by atoms with E-state index in [1.807, 2.05) is 0 Å². The van der Waals surface area contributed by atoms with Crippen LogP contribution >= 0.6 is 0 Å². The van der Waals surface area contributed by atoms with Gasteiger partial charge in [-0.3, -0.25) is 25.5 Å². The van der Waals surface area contributed by atoms with Gasteiger partial charge in [-0.2, -0.15) is 0 Å². The van der Waals surface area contributed by atoms with Crippen molar-refractivity contribution in [2.45, 2.75) is 12.3 Å². The predicted molar refractivity (Wildman–Crippen MR) is 74.7 cm³/mol. The second-order valence-electron chi connectivity index (χ2n) is 4.56. The van der Waals surface area contributed by atoms with E-state index in [4.69, 9.17) is 0 Å². The molecule has 2 aliphatic heterocycles. The Kier molecular flexibility index (Phi) is 4.03. The minimum absolute atomic E-state index is 0.0754. The smallest absolute Gasteiger partial charge is 0.298 e. The van der Waals surface area contributed by atoms with Gasteiger partial charge in [0.25, 0.3) is 11.4 Å². The summed E-state index contributed by atoms with van der Waals surface area (Å²) in [6.45, 7) is 7.64. The average Bonchev–Trinajstić information content (AvgIpc) is 2.43. The van der Waals surface area contributed by atoms with Crippen molar-refractivity contribution < 1.29 is 9.85 Å². The molecule has 21 heavy (non-hydrogen) atoms. The number of nitrogens with zero attached hydrogens (tertiary/aromatic N) is 4. The van der Waals surface area contributed by atoms with Crippen molar-refractivity contribution in [2.75, 3.05) is 13.1 Å². The van der Waals surface area contributed by atoms with Crippen LogP contribution in [0.25, 0.3) is 0 Å². The van der Waals surface area contributed by atoms with Gasteiger partial charge in [0.05, 0.1) is 22.2 Å². The molecule has 1 N–H and O–H groups in total. The molecule has 2 heterocycles. The summed E-state index contributed by atoms with van der Waals surface area (Å²) < 4.78 is 0. The van der Waals surface area contributed by atoms with E-state index in [9.17, 15) is 20.2 Å². The third kappa shape index (κ3) is 2.63. The highest BCUT2D eigenvalue weighted by atomic mass is 16.6. The summed E-state index contributed by atoms with van der Waals surface area (Å²) in [5, 5.41) is 25.3. The molecule has 0 saturated heterocycles. The van der Waals surface area contributed by atoms with Crippen molar-refractivity contribution in [3.63, 3.8) is 0 Å². The number of hydrogen-bond donors (Lipinski definition) is 1. The van der Waals surface area contributed by atoms with Crippen molar-refractivity contribution in [1.29, 1.82) is 0 Å². The van der Waals surface area contributed by atoms with Crippen molar-refractivity contribution in [3.8, 4) is 0 Å². The van der Waals surface area contributed by atoms with E-state index in [0.717, 1.165) is 0 Å². The molecule has 0 radical (unpaired) electrons. The number of nitro groups is 2. The molecule has 9 heteroatoms. The van der Waals surface area contributed by atoms with Gasteiger partial charge in [0.2, 0.25) is 0 Å². The molecular formula is C12H15N5O4. The Labute approximate surface area is 120 Å². The molecule has 2 rings (SSSR count). The van der Waals surface area contributed by atoms with Crippen molar-refractivity contribution in [3.05, 3.63) is 69.3 Å². The first-order valence-electron chi connectivity index (χ1n) is 6.21. The minimum atomic E-state index is -0.729. The van der Waals surface area contributed by atoms with Gasteiger partial charge >= 0.3 is 0 Å². The fraction of sp³-hybridized carbons (Fsp3) is 0.333. The second kappa shape index (κ2) is 5.75. The van der Waals surface area contributed by atoms with Crippen LogP contribution in [-0.4, -0.2) is 45.1 Å². The normalized spacial score (nSPS) is 24.0. The Bertz CT molecular complexity index is 508. The zero-order chi connectivity index (χ0) is 15.6. The quantitative estimate of drug-likeness (QED) is 0.431. The third-order valence-electron chi connectivity index (χ3n) is 3.24. The molecule has 0 amide bonds. The molecule has 0 saturated carbocycles. The topological polar surface area (TPSA) is 105 Å². The van der Waals surface area contributed by atoms with E-state index < -0.39 is 22.2 Å². The van der Waals surface area contributed by atoms with Crippen LogP contribution in [0.4, 0.5) is 0 Å². The standard InChI is InChI=1S/C12H15N5O4/c1-3-5-14-7-9(16(18)19)12-13-11(14)10(17(20)21)8-15(12)6-4-2/h3-4,7-8,11-13H,1-2,5-6H2. The molecule has 2 atom stereocenters. The van der Waals surface area contributed by atoms with Crippen molar-refractivity contribution in [1.82, 2.24) is 15.1 Å². The van der Waals surface area contributed by atoms with Crippen LogP contribution < -0.4 is 5.32 Å². The molecular weight excluding hydrogens is 278 g/mol. The van der Waals surface area contributed by atoms with Gasteiger partial charge in [0.15, 0.2) is 12.3 Å². The Hall–Kier alpha value is -2.68. The summed E-state index contributed by atoms with van der Waals surface area (Å²) in [5.74, 6) is 0. The molecule has 112 valence electrons. The number of nitrogens with one attached hydrogen (secondary N) is 1. The monoisotopic (exact) mass is 293 g/mol. The van der Waals surface area contributed by atoms with Crippen LogP contribution in [-0.2, 0) is 0 Å². The minimum Gasteiger partial charge on any atom is -0.343 e. The van der Waals surface area contributed by atoms with Crippen LogP contribution in [0.1, 0.15) is 0 Å². The SMILES string of the molecule is C=CCN1C=C([N+](=O)[O-])C2NC1C([N+](=O)[O-])=CN2CC=C. The van der Waals surface area contributed by atoms with Gasteiger partial charge in [-0.15, -0.1) is 13.2 Å². The lowest BCUT2D eigenvalue weighted by atomic mass is 10.1. The summed E-state index contributed by atoms with van der Waals surface area (Å²) in [7, 11) is 0. The molecule has 0 aromatic heterocycles. The molecule has 0 aromatic carbocycles. The maximum Gasteiger partial charge on any atom is 0.298 e. The van der Waals surface area contributed by atoms with Crippen LogP contribution in [0, 0.1) is 20.2 Å². The van der Waals surface area contributed by atoms with Crippen LogP contribution in [0.3, 0.4) is 0 Å². The van der Waals surface area contributed by atoms with E-state index in [1.165, 1.54) is 34.4 Å². The van der Waals surface area contributed by atoms with Crippen LogP contribution in [0.5, 0.6) is 0 Å².